The maximum atomic E-state index is 5.62. The summed E-state index contributed by atoms with van der Waals surface area (Å²) < 4.78 is 5.62. The molecule has 2 aliphatic heterocycles. The van der Waals surface area contributed by atoms with Crippen LogP contribution in [-0.4, -0.2) is 49.8 Å². The van der Waals surface area contributed by atoms with Crippen LogP contribution >= 0.6 is 0 Å². The number of hydrogen-bond acceptors (Lipinski definition) is 3. The van der Waals surface area contributed by atoms with Crippen molar-refractivity contribution in [2.75, 3.05) is 26.7 Å². The monoisotopic (exact) mass is 226 g/mol. The third kappa shape index (κ3) is 3.19. The Hall–Kier alpha value is -0.120. The van der Waals surface area contributed by atoms with E-state index in [9.17, 15) is 0 Å². The van der Waals surface area contributed by atoms with Crippen molar-refractivity contribution in [1.29, 1.82) is 0 Å². The highest BCUT2D eigenvalue weighted by Crippen LogP contribution is 2.19. The van der Waals surface area contributed by atoms with Crippen molar-refractivity contribution < 1.29 is 4.74 Å². The molecule has 16 heavy (non-hydrogen) atoms. The first-order chi connectivity index (χ1) is 7.77. The molecule has 1 N–H and O–H groups in total. The Bertz CT molecular complexity index is 204. The summed E-state index contributed by atoms with van der Waals surface area (Å²) in [5.41, 5.74) is 0. The van der Waals surface area contributed by atoms with E-state index in [0.29, 0.717) is 12.1 Å². The van der Waals surface area contributed by atoms with Crippen molar-refractivity contribution >= 4 is 0 Å². The first-order valence-electron chi connectivity index (χ1n) is 6.82. The molecule has 2 aliphatic rings. The second kappa shape index (κ2) is 5.99. The minimum Gasteiger partial charge on any atom is -0.377 e. The van der Waals surface area contributed by atoms with E-state index in [1.54, 1.807) is 0 Å². The minimum absolute atomic E-state index is 0.421. The van der Waals surface area contributed by atoms with Crippen LogP contribution in [0.3, 0.4) is 0 Å². The Morgan fingerprint density at radius 1 is 1.31 bits per heavy atom. The molecule has 3 unspecified atom stereocenters. The fraction of sp³-hybridized carbons (Fsp3) is 1.00. The number of nitrogens with one attached hydrogen (secondary N) is 1. The molecule has 2 fully saturated rings. The van der Waals surface area contributed by atoms with E-state index in [2.05, 4.69) is 24.2 Å². The number of ether oxygens (including phenoxy) is 1. The van der Waals surface area contributed by atoms with Gasteiger partial charge in [0.15, 0.2) is 0 Å². The van der Waals surface area contributed by atoms with Gasteiger partial charge in [0.2, 0.25) is 0 Å². The van der Waals surface area contributed by atoms with Gasteiger partial charge in [0.1, 0.15) is 0 Å². The van der Waals surface area contributed by atoms with Gasteiger partial charge in [-0.2, -0.15) is 0 Å². The lowest BCUT2D eigenvalue weighted by Crippen LogP contribution is -2.41. The minimum atomic E-state index is 0.421. The molecule has 0 aliphatic carbocycles. The average molecular weight is 226 g/mol. The first kappa shape index (κ1) is 12.3. The van der Waals surface area contributed by atoms with E-state index in [-0.39, 0.29) is 0 Å². The van der Waals surface area contributed by atoms with Gasteiger partial charge in [-0.3, -0.25) is 0 Å². The summed E-state index contributed by atoms with van der Waals surface area (Å²) in [4.78, 5) is 2.49. The highest BCUT2D eigenvalue weighted by molar-refractivity contribution is 4.82. The lowest BCUT2D eigenvalue weighted by atomic mass is 10.0. The van der Waals surface area contributed by atoms with Gasteiger partial charge in [0.05, 0.1) is 6.10 Å². The third-order valence-corrected chi connectivity index (χ3v) is 4.15. The summed E-state index contributed by atoms with van der Waals surface area (Å²) in [6, 6.07) is 1.40. The summed E-state index contributed by atoms with van der Waals surface area (Å²) in [6.07, 6.45) is 7.05. The van der Waals surface area contributed by atoms with E-state index in [1.165, 1.54) is 45.2 Å². The zero-order chi connectivity index (χ0) is 11.4. The second-order valence-corrected chi connectivity index (χ2v) is 5.35. The summed E-state index contributed by atoms with van der Waals surface area (Å²) in [7, 11) is 2.25. The Labute approximate surface area is 99.5 Å². The van der Waals surface area contributed by atoms with Crippen molar-refractivity contribution in [3.63, 3.8) is 0 Å². The molecule has 2 saturated heterocycles. The second-order valence-electron chi connectivity index (χ2n) is 5.35. The molecule has 3 heteroatoms. The van der Waals surface area contributed by atoms with Gasteiger partial charge in [-0.25, -0.2) is 0 Å². The smallest absolute Gasteiger partial charge is 0.0702 e. The van der Waals surface area contributed by atoms with Gasteiger partial charge in [-0.05, 0) is 52.7 Å². The van der Waals surface area contributed by atoms with Crippen LogP contribution in [0.2, 0.25) is 0 Å². The molecular formula is C13H26N2O. The van der Waals surface area contributed by atoms with Gasteiger partial charge >= 0.3 is 0 Å². The number of likely N-dealkylation sites (N-methyl/N-ethyl adjacent to an activating group) is 1. The summed E-state index contributed by atoms with van der Waals surface area (Å²) >= 11 is 0. The Kier molecular flexibility index (Phi) is 4.62. The molecule has 0 bridgehead atoms. The zero-order valence-corrected chi connectivity index (χ0v) is 10.7. The molecule has 0 aromatic rings. The van der Waals surface area contributed by atoms with Crippen molar-refractivity contribution in [1.82, 2.24) is 10.2 Å². The van der Waals surface area contributed by atoms with Crippen LogP contribution in [0.1, 0.15) is 39.0 Å². The van der Waals surface area contributed by atoms with E-state index in [0.717, 1.165) is 12.6 Å². The largest absolute Gasteiger partial charge is 0.377 e. The van der Waals surface area contributed by atoms with Crippen LogP contribution in [0.25, 0.3) is 0 Å². The quantitative estimate of drug-likeness (QED) is 0.788. The van der Waals surface area contributed by atoms with Crippen LogP contribution in [0.4, 0.5) is 0 Å². The van der Waals surface area contributed by atoms with Crippen molar-refractivity contribution in [3.05, 3.63) is 0 Å². The highest BCUT2D eigenvalue weighted by atomic mass is 16.5. The standard InChI is InChI=1S/C13H26N2O/c1-11-13(7-10-16-11)15(2)9-6-12-5-3-4-8-14-12/h11-14H,3-10H2,1-2H3. The van der Waals surface area contributed by atoms with Gasteiger partial charge < -0.3 is 15.0 Å². The maximum Gasteiger partial charge on any atom is 0.0702 e. The molecule has 0 aromatic heterocycles. The summed E-state index contributed by atoms with van der Waals surface area (Å²) in [5, 5.41) is 3.62. The van der Waals surface area contributed by atoms with E-state index >= 15 is 0 Å². The Balaban J connectivity index is 1.68. The molecule has 0 spiro atoms. The topological polar surface area (TPSA) is 24.5 Å². The van der Waals surface area contributed by atoms with Crippen molar-refractivity contribution in [2.45, 2.75) is 57.2 Å². The maximum absolute atomic E-state index is 5.62. The number of nitrogens with zero attached hydrogens (tertiary/aromatic N) is 1. The molecular weight excluding hydrogens is 200 g/mol. The van der Waals surface area contributed by atoms with Gasteiger partial charge in [0, 0.05) is 18.7 Å². The molecule has 3 atom stereocenters. The molecule has 0 amide bonds. The molecule has 2 rings (SSSR count). The van der Waals surface area contributed by atoms with E-state index in [1.807, 2.05) is 0 Å². The normalized spacial score (nSPS) is 35.8. The number of hydrogen-bond donors (Lipinski definition) is 1. The lowest BCUT2D eigenvalue weighted by Gasteiger charge is -2.30. The van der Waals surface area contributed by atoms with Gasteiger partial charge in [-0.15, -0.1) is 0 Å². The molecule has 3 nitrogen and oxygen atoms in total. The fourth-order valence-electron chi connectivity index (χ4n) is 2.99. The third-order valence-electron chi connectivity index (χ3n) is 4.15. The SMILES string of the molecule is CC1OCCC1N(C)CCC1CCCCN1. The van der Waals surface area contributed by atoms with Crippen molar-refractivity contribution in [2.24, 2.45) is 0 Å². The average Bonchev–Trinajstić information content (AvgIpc) is 2.74. The molecule has 0 saturated carbocycles. The van der Waals surface area contributed by atoms with Crippen molar-refractivity contribution in [3.8, 4) is 0 Å². The predicted molar refractivity (Wildman–Crippen MR) is 66.7 cm³/mol. The van der Waals surface area contributed by atoms with Crippen LogP contribution < -0.4 is 5.32 Å². The van der Waals surface area contributed by atoms with Crippen LogP contribution in [0.5, 0.6) is 0 Å². The Morgan fingerprint density at radius 3 is 2.81 bits per heavy atom. The van der Waals surface area contributed by atoms with Gasteiger partial charge in [0.25, 0.3) is 0 Å². The molecule has 0 radical (unpaired) electrons. The Morgan fingerprint density at radius 2 is 2.19 bits per heavy atom. The lowest BCUT2D eigenvalue weighted by molar-refractivity contribution is 0.0819. The van der Waals surface area contributed by atoms with E-state index in [4.69, 9.17) is 4.74 Å². The highest BCUT2D eigenvalue weighted by Gasteiger charge is 2.27. The summed E-state index contributed by atoms with van der Waals surface area (Å²) in [6.45, 7) is 5.57. The number of rotatable bonds is 4. The fourth-order valence-corrected chi connectivity index (χ4v) is 2.99. The molecule has 0 aromatic carbocycles. The van der Waals surface area contributed by atoms with Crippen LogP contribution in [-0.2, 0) is 4.74 Å². The first-order valence-corrected chi connectivity index (χ1v) is 6.82. The van der Waals surface area contributed by atoms with Crippen LogP contribution in [0.15, 0.2) is 0 Å². The zero-order valence-electron chi connectivity index (χ0n) is 10.7. The van der Waals surface area contributed by atoms with E-state index < -0.39 is 0 Å². The summed E-state index contributed by atoms with van der Waals surface area (Å²) in [5.74, 6) is 0. The van der Waals surface area contributed by atoms with Crippen LogP contribution in [0, 0.1) is 0 Å². The number of piperidine rings is 1. The van der Waals surface area contributed by atoms with Gasteiger partial charge in [-0.1, -0.05) is 6.42 Å². The predicted octanol–water partition coefficient (Wildman–Crippen LogP) is 1.63. The molecule has 2 heterocycles. The molecule has 94 valence electrons.